The van der Waals surface area contributed by atoms with Gasteiger partial charge < -0.3 is 11.5 Å². The molecule has 0 radical (unpaired) electrons. The van der Waals surface area contributed by atoms with Gasteiger partial charge in [-0.05, 0) is 37.7 Å². The number of benzene rings is 1. The Kier molecular flexibility index (Phi) is 11.9. The van der Waals surface area contributed by atoms with Crippen molar-refractivity contribution in [2.24, 2.45) is 17.4 Å². The van der Waals surface area contributed by atoms with Crippen LogP contribution in [-0.2, 0) is 9.61 Å². The molecule has 5 heteroatoms. The van der Waals surface area contributed by atoms with E-state index in [-0.39, 0.29) is 12.4 Å². The van der Waals surface area contributed by atoms with Crippen molar-refractivity contribution in [1.82, 2.24) is 0 Å². The minimum absolute atomic E-state index is 0.176. The Bertz CT molecular complexity index is 415. The average Bonchev–Trinajstić information content (AvgIpc) is 2.91. The Balaban J connectivity index is 0.000000342. The minimum atomic E-state index is -0.731. The molecule has 122 valence electrons. The lowest BCUT2D eigenvalue weighted by molar-refractivity contribution is 0.601. The predicted molar refractivity (Wildman–Crippen MR) is 95.3 cm³/mol. The van der Waals surface area contributed by atoms with Crippen molar-refractivity contribution in [3.8, 4) is 0 Å². The van der Waals surface area contributed by atoms with Crippen LogP contribution in [0.5, 0.6) is 0 Å². The Hall–Kier alpha value is -0.400. The summed E-state index contributed by atoms with van der Waals surface area (Å²) >= 11 is -0.731. The van der Waals surface area contributed by atoms with E-state index in [2.05, 4.69) is 0 Å². The van der Waals surface area contributed by atoms with Gasteiger partial charge in [-0.3, -0.25) is 3.07 Å². The first kappa shape index (κ1) is 20.6. The Morgan fingerprint density at radius 2 is 2.00 bits per heavy atom. The largest absolute Gasteiger partial charge is 0.328 e. The van der Waals surface area contributed by atoms with Gasteiger partial charge in [0.15, 0.2) is 0 Å². The summed E-state index contributed by atoms with van der Waals surface area (Å²) in [6, 6.07) is 5.64. The van der Waals surface area contributed by atoms with Crippen LogP contribution < -0.4 is 11.5 Å². The highest BCUT2D eigenvalue weighted by molar-refractivity contribution is 14.1. The van der Waals surface area contributed by atoms with Crippen LogP contribution in [-0.4, -0.2) is 10.5 Å². The zero-order chi connectivity index (χ0) is 16.3. The lowest BCUT2D eigenvalue weighted by Crippen LogP contribution is -2.14. The molecule has 2 atom stereocenters. The van der Waals surface area contributed by atoms with Gasteiger partial charge in [0.25, 0.3) is 0 Å². The van der Waals surface area contributed by atoms with Crippen molar-refractivity contribution in [3.05, 3.63) is 35.1 Å². The highest BCUT2D eigenvalue weighted by Gasteiger charge is 2.20. The molecule has 21 heavy (non-hydrogen) atoms. The second kappa shape index (κ2) is 12.2. The monoisotopic (exact) mass is 410 g/mol. The molecule has 1 saturated carbocycles. The molecule has 4 N–H and O–H groups in total. The second-order valence-electron chi connectivity index (χ2n) is 4.95. The maximum atomic E-state index is 12.9. The van der Waals surface area contributed by atoms with Crippen LogP contribution in [0.1, 0.15) is 44.2 Å². The van der Waals surface area contributed by atoms with Gasteiger partial charge in [0.2, 0.25) is 0 Å². The predicted octanol–water partition coefficient (Wildman–Crippen LogP) is 4.05. The van der Waals surface area contributed by atoms with Crippen molar-refractivity contribution < 1.29 is 7.46 Å². The summed E-state index contributed by atoms with van der Waals surface area (Å²) in [5, 5.41) is 0. The van der Waals surface area contributed by atoms with Gasteiger partial charge >= 0.3 is 0 Å². The molecule has 1 aliphatic carbocycles. The lowest BCUT2D eigenvalue weighted by atomic mass is 10.1. The molecule has 3 nitrogen and oxygen atoms in total. The van der Waals surface area contributed by atoms with Crippen LogP contribution in [0.2, 0.25) is 0 Å². The second-order valence-corrected chi connectivity index (χ2v) is 6.46. The summed E-state index contributed by atoms with van der Waals surface area (Å²) in [5.74, 6) is 0.523. The molecule has 0 aromatic heterocycles. The summed E-state index contributed by atoms with van der Waals surface area (Å²) in [6.07, 6.45) is 3.47. The number of rotatable bonds is 3. The van der Waals surface area contributed by atoms with Gasteiger partial charge in [0.1, 0.15) is 27.0 Å². The van der Waals surface area contributed by atoms with Crippen molar-refractivity contribution >= 4 is 21.2 Å². The van der Waals surface area contributed by atoms with Crippen molar-refractivity contribution in [3.63, 3.8) is 0 Å². The fourth-order valence-electron chi connectivity index (χ4n) is 2.21. The molecule has 0 heterocycles. The van der Waals surface area contributed by atoms with E-state index in [0.29, 0.717) is 23.1 Å². The first-order chi connectivity index (χ1) is 10.1. The molecule has 0 spiro atoms. The topological polar surface area (TPSA) is 69.1 Å². The fourth-order valence-corrected chi connectivity index (χ4v) is 3.52. The zero-order valence-electron chi connectivity index (χ0n) is 13.2. The third-order valence-electron chi connectivity index (χ3n) is 3.35. The van der Waals surface area contributed by atoms with Gasteiger partial charge in [0.05, 0.1) is 0 Å². The van der Waals surface area contributed by atoms with Gasteiger partial charge in [-0.25, -0.2) is 4.39 Å². The van der Waals surface area contributed by atoms with Crippen LogP contribution in [0.15, 0.2) is 18.2 Å². The lowest BCUT2D eigenvalue weighted by Gasteiger charge is -2.00. The van der Waals surface area contributed by atoms with E-state index in [4.69, 9.17) is 11.5 Å². The Labute approximate surface area is 138 Å². The van der Waals surface area contributed by atoms with Crippen LogP contribution in [0.3, 0.4) is 0 Å². The van der Waals surface area contributed by atoms with Gasteiger partial charge in [-0.2, -0.15) is 0 Å². The van der Waals surface area contributed by atoms with E-state index in [1.165, 1.54) is 6.42 Å². The molecule has 1 aromatic rings. The molecule has 2 unspecified atom stereocenters. The quantitative estimate of drug-likeness (QED) is 0.584. The number of aryl methyl sites for hydroxylation is 1. The van der Waals surface area contributed by atoms with Crippen LogP contribution in [0.4, 0.5) is 4.39 Å². The number of hydrogen-bond donors (Lipinski definition) is 2. The zero-order valence-corrected chi connectivity index (χ0v) is 15.4. The van der Waals surface area contributed by atoms with Crippen molar-refractivity contribution in [2.45, 2.75) is 52.6 Å². The molecule has 1 aromatic carbocycles. The normalized spacial score (nSPS) is 20.1. The van der Waals surface area contributed by atoms with E-state index >= 15 is 0 Å². The summed E-state index contributed by atoms with van der Waals surface area (Å²) in [5.41, 5.74) is 12.2. The molecule has 1 fully saturated rings. The molecule has 0 saturated heterocycles. The van der Waals surface area contributed by atoms with Crippen LogP contribution in [0.25, 0.3) is 0 Å². The highest BCUT2D eigenvalue weighted by atomic mass is 127. The Morgan fingerprint density at radius 1 is 1.33 bits per heavy atom. The molecule has 1 aliphatic rings. The first-order valence-corrected chi connectivity index (χ1v) is 9.90. The number of hydrogen-bond acceptors (Lipinski definition) is 3. The average molecular weight is 410 g/mol. The van der Waals surface area contributed by atoms with Crippen LogP contribution in [0, 0.1) is 18.7 Å². The summed E-state index contributed by atoms with van der Waals surface area (Å²) < 4.78 is 24.1. The van der Waals surface area contributed by atoms with Crippen molar-refractivity contribution in [2.75, 3.05) is 4.43 Å². The van der Waals surface area contributed by atoms with Gasteiger partial charge in [-0.15, -0.1) is 0 Å². The maximum Gasteiger partial charge on any atom is 0.144 e. The molecular weight excluding hydrogens is 382 g/mol. The van der Waals surface area contributed by atoms with E-state index in [1.54, 1.807) is 25.1 Å². The fraction of sp³-hybridized carbons (Fsp3) is 0.625. The summed E-state index contributed by atoms with van der Waals surface area (Å²) in [6.45, 7) is 6.00. The minimum Gasteiger partial charge on any atom is -0.328 e. The first-order valence-electron chi connectivity index (χ1n) is 7.49. The standard InChI is InChI=1S/C8H10FN.C6H12INO.C2H6/c1-6-3-2-4-7(5-10)8(6)9;8-6-2-1-5(3-6)4-7-9;1-2/h2-4H,5,10H2,1H3;5-6H,1-4,8H2;1-2H3. The maximum absolute atomic E-state index is 12.9. The molecule has 0 aliphatic heterocycles. The molecule has 0 bridgehead atoms. The smallest absolute Gasteiger partial charge is 0.144 e. The SMILES string of the molecule is CC.Cc1cccc(CN)c1F.NC1CCC(CI=O)C1. The molecule has 2 rings (SSSR count). The van der Waals surface area contributed by atoms with E-state index in [9.17, 15) is 7.46 Å². The number of nitrogens with two attached hydrogens (primary N) is 2. The van der Waals surface area contributed by atoms with E-state index in [1.807, 2.05) is 13.8 Å². The number of halogens is 2. The van der Waals surface area contributed by atoms with Crippen LogP contribution >= 0.6 is 21.2 Å². The van der Waals surface area contributed by atoms with E-state index in [0.717, 1.165) is 17.3 Å². The van der Waals surface area contributed by atoms with E-state index < -0.39 is 21.2 Å². The Morgan fingerprint density at radius 3 is 2.43 bits per heavy atom. The highest BCUT2D eigenvalue weighted by Crippen LogP contribution is 2.26. The number of alkyl halides is 1. The third-order valence-corrected chi connectivity index (χ3v) is 4.96. The summed E-state index contributed by atoms with van der Waals surface area (Å²) in [7, 11) is 0. The summed E-state index contributed by atoms with van der Waals surface area (Å²) in [4.78, 5) is 0. The molecular formula is C16H28FIN2O. The molecule has 0 amide bonds. The third kappa shape index (κ3) is 7.97. The van der Waals surface area contributed by atoms with Gasteiger partial charge in [0, 0.05) is 22.6 Å². The van der Waals surface area contributed by atoms with Crippen molar-refractivity contribution in [1.29, 1.82) is 0 Å². The van der Waals surface area contributed by atoms with Gasteiger partial charge in [-0.1, -0.05) is 32.0 Å².